The van der Waals surface area contributed by atoms with Crippen LogP contribution in [0.2, 0.25) is 0 Å². The molecule has 17 heavy (non-hydrogen) atoms. The molecule has 1 aliphatic heterocycles. The molecule has 2 aliphatic rings. The van der Waals surface area contributed by atoms with Gasteiger partial charge in [-0.3, -0.25) is 4.90 Å². The second kappa shape index (κ2) is 5.68. The van der Waals surface area contributed by atoms with Gasteiger partial charge in [0, 0.05) is 25.2 Å². The molecule has 1 saturated heterocycles. The van der Waals surface area contributed by atoms with Gasteiger partial charge < -0.3 is 10.1 Å². The molecule has 1 heterocycles. The summed E-state index contributed by atoms with van der Waals surface area (Å²) in [6.07, 6.45) is 3.57. The Morgan fingerprint density at radius 1 is 1.18 bits per heavy atom. The lowest BCUT2D eigenvalue weighted by molar-refractivity contribution is -0.100. The van der Waals surface area contributed by atoms with E-state index < -0.39 is 0 Å². The van der Waals surface area contributed by atoms with Crippen molar-refractivity contribution in [2.45, 2.75) is 64.8 Å². The monoisotopic (exact) mass is 240 g/mol. The molecule has 0 bridgehead atoms. The van der Waals surface area contributed by atoms with Gasteiger partial charge in [-0.15, -0.1) is 0 Å². The highest BCUT2D eigenvalue weighted by molar-refractivity contribution is 4.92. The zero-order valence-corrected chi connectivity index (χ0v) is 11.8. The minimum Gasteiger partial charge on any atom is -0.373 e. The van der Waals surface area contributed by atoms with Crippen LogP contribution >= 0.6 is 0 Å². The number of nitrogens with one attached hydrogen (secondary N) is 1. The van der Waals surface area contributed by atoms with Crippen LogP contribution in [-0.4, -0.2) is 48.8 Å². The molecule has 1 N–H and O–H groups in total. The highest BCUT2D eigenvalue weighted by Crippen LogP contribution is 2.33. The Hall–Kier alpha value is -0.120. The lowest BCUT2D eigenvalue weighted by Crippen LogP contribution is -2.57. The van der Waals surface area contributed by atoms with Gasteiger partial charge >= 0.3 is 0 Å². The molecule has 3 heteroatoms. The Morgan fingerprint density at radius 2 is 1.82 bits per heavy atom. The van der Waals surface area contributed by atoms with Crippen LogP contribution in [0.1, 0.15) is 40.5 Å². The Balaban J connectivity index is 1.81. The van der Waals surface area contributed by atoms with Gasteiger partial charge in [-0.05, 0) is 39.2 Å². The van der Waals surface area contributed by atoms with E-state index in [-0.39, 0.29) is 0 Å². The Morgan fingerprint density at radius 3 is 2.29 bits per heavy atom. The van der Waals surface area contributed by atoms with E-state index in [9.17, 15) is 0 Å². The molecule has 3 nitrogen and oxygen atoms in total. The number of morpholine rings is 1. The zero-order valence-electron chi connectivity index (χ0n) is 11.8. The molecule has 0 radical (unpaired) electrons. The fourth-order valence-electron chi connectivity index (χ4n) is 3.15. The number of rotatable bonds is 4. The summed E-state index contributed by atoms with van der Waals surface area (Å²) in [5.41, 5.74) is 0. The van der Waals surface area contributed by atoms with Crippen molar-refractivity contribution in [1.82, 2.24) is 10.2 Å². The van der Waals surface area contributed by atoms with E-state index in [0.717, 1.165) is 25.0 Å². The lowest BCUT2D eigenvalue weighted by Gasteiger charge is -2.48. The first kappa shape index (κ1) is 13.3. The predicted molar refractivity (Wildman–Crippen MR) is 71.2 cm³/mol. The van der Waals surface area contributed by atoms with Crippen LogP contribution in [0.25, 0.3) is 0 Å². The fraction of sp³-hybridized carbons (Fsp3) is 1.00. The fourth-order valence-corrected chi connectivity index (χ4v) is 3.15. The van der Waals surface area contributed by atoms with Crippen molar-refractivity contribution in [1.29, 1.82) is 0 Å². The van der Waals surface area contributed by atoms with Crippen molar-refractivity contribution in [3.8, 4) is 0 Å². The molecule has 4 unspecified atom stereocenters. The maximum Gasteiger partial charge on any atom is 0.0678 e. The lowest BCUT2D eigenvalue weighted by atomic mass is 9.78. The van der Waals surface area contributed by atoms with E-state index in [0.29, 0.717) is 18.2 Å². The molecule has 1 aliphatic carbocycles. The van der Waals surface area contributed by atoms with E-state index in [2.05, 4.69) is 37.9 Å². The number of hydrogen-bond donors (Lipinski definition) is 1. The average molecular weight is 240 g/mol. The molecule has 0 aromatic carbocycles. The molecule has 100 valence electrons. The Labute approximate surface area is 106 Å². The quantitative estimate of drug-likeness (QED) is 0.812. The highest BCUT2D eigenvalue weighted by atomic mass is 16.5. The van der Waals surface area contributed by atoms with E-state index in [4.69, 9.17) is 4.74 Å². The summed E-state index contributed by atoms with van der Waals surface area (Å²) >= 11 is 0. The van der Waals surface area contributed by atoms with Crippen LogP contribution in [-0.2, 0) is 4.74 Å². The van der Waals surface area contributed by atoms with Crippen LogP contribution in [0.4, 0.5) is 0 Å². The van der Waals surface area contributed by atoms with Gasteiger partial charge in [0.25, 0.3) is 0 Å². The van der Waals surface area contributed by atoms with Crippen molar-refractivity contribution in [2.24, 2.45) is 5.92 Å². The minimum atomic E-state index is 0.401. The highest BCUT2D eigenvalue weighted by Gasteiger charge is 2.38. The molecule has 4 atom stereocenters. The van der Waals surface area contributed by atoms with Crippen LogP contribution in [0.5, 0.6) is 0 Å². The standard InChI is InChI=1S/C14H28N2O/c1-10(2)15-7-13-5-6-14(13)16-8-11(3)17-12(4)9-16/h10-15H,5-9H2,1-4H3. The number of hydrogen-bond acceptors (Lipinski definition) is 3. The first-order chi connectivity index (χ1) is 8.06. The number of ether oxygens (including phenoxy) is 1. The molecule has 0 aromatic rings. The summed E-state index contributed by atoms with van der Waals surface area (Å²) in [4.78, 5) is 2.66. The summed E-state index contributed by atoms with van der Waals surface area (Å²) in [6, 6.07) is 1.41. The minimum absolute atomic E-state index is 0.401. The zero-order chi connectivity index (χ0) is 12.4. The van der Waals surface area contributed by atoms with Crippen molar-refractivity contribution in [2.75, 3.05) is 19.6 Å². The maximum atomic E-state index is 5.81. The second-order valence-corrected chi connectivity index (χ2v) is 6.18. The van der Waals surface area contributed by atoms with Gasteiger partial charge in [0.15, 0.2) is 0 Å². The van der Waals surface area contributed by atoms with Gasteiger partial charge in [0.2, 0.25) is 0 Å². The third-order valence-electron chi connectivity index (χ3n) is 4.08. The molecule has 0 amide bonds. The van der Waals surface area contributed by atoms with Gasteiger partial charge in [-0.25, -0.2) is 0 Å². The van der Waals surface area contributed by atoms with Crippen molar-refractivity contribution < 1.29 is 4.74 Å². The van der Waals surface area contributed by atoms with E-state index in [1.54, 1.807) is 0 Å². The summed E-state index contributed by atoms with van der Waals surface area (Å²) in [7, 11) is 0. The first-order valence-corrected chi connectivity index (χ1v) is 7.19. The summed E-state index contributed by atoms with van der Waals surface area (Å²) in [6.45, 7) is 12.3. The molecule has 0 aromatic heterocycles. The normalized spacial score (nSPS) is 39.4. The molecule has 1 saturated carbocycles. The van der Waals surface area contributed by atoms with Crippen LogP contribution in [0.15, 0.2) is 0 Å². The van der Waals surface area contributed by atoms with Crippen LogP contribution in [0.3, 0.4) is 0 Å². The third kappa shape index (κ3) is 3.43. The summed E-state index contributed by atoms with van der Waals surface area (Å²) < 4.78 is 5.81. The second-order valence-electron chi connectivity index (χ2n) is 6.18. The van der Waals surface area contributed by atoms with Crippen molar-refractivity contribution in [3.05, 3.63) is 0 Å². The first-order valence-electron chi connectivity index (χ1n) is 7.19. The van der Waals surface area contributed by atoms with E-state index >= 15 is 0 Å². The van der Waals surface area contributed by atoms with Gasteiger partial charge in [0.05, 0.1) is 12.2 Å². The van der Waals surface area contributed by atoms with E-state index in [1.807, 2.05) is 0 Å². The topological polar surface area (TPSA) is 24.5 Å². The van der Waals surface area contributed by atoms with E-state index in [1.165, 1.54) is 19.4 Å². The number of nitrogens with zero attached hydrogens (tertiary/aromatic N) is 1. The van der Waals surface area contributed by atoms with Gasteiger partial charge in [0.1, 0.15) is 0 Å². The van der Waals surface area contributed by atoms with Gasteiger partial charge in [-0.1, -0.05) is 13.8 Å². The van der Waals surface area contributed by atoms with Crippen molar-refractivity contribution in [3.63, 3.8) is 0 Å². The largest absolute Gasteiger partial charge is 0.373 e. The van der Waals surface area contributed by atoms with Crippen molar-refractivity contribution >= 4 is 0 Å². The van der Waals surface area contributed by atoms with Gasteiger partial charge in [-0.2, -0.15) is 0 Å². The SMILES string of the molecule is CC(C)NCC1CCC1N1CC(C)OC(C)C1. The summed E-state index contributed by atoms with van der Waals surface area (Å²) in [5, 5.41) is 3.58. The average Bonchev–Trinajstić information content (AvgIpc) is 2.13. The maximum absolute atomic E-state index is 5.81. The van der Waals surface area contributed by atoms with Crippen LogP contribution in [0, 0.1) is 5.92 Å². The Bertz CT molecular complexity index is 234. The summed E-state index contributed by atoms with van der Waals surface area (Å²) in [5.74, 6) is 0.856. The van der Waals surface area contributed by atoms with Crippen LogP contribution < -0.4 is 5.32 Å². The Kier molecular flexibility index (Phi) is 4.45. The molecule has 0 spiro atoms. The molecule has 2 fully saturated rings. The smallest absolute Gasteiger partial charge is 0.0678 e. The predicted octanol–water partition coefficient (Wildman–Crippen LogP) is 1.87. The molecular formula is C14H28N2O. The molecule has 2 rings (SSSR count). The molecular weight excluding hydrogens is 212 g/mol. The third-order valence-corrected chi connectivity index (χ3v) is 4.08.